The zero-order valence-corrected chi connectivity index (χ0v) is 7.05. The van der Waals surface area contributed by atoms with E-state index in [0.717, 1.165) is 0 Å². The SMILES string of the molecule is CC(C)=C(NC(=O)CN)C(=O)O. The van der Waals surface area contributed by atoms with Gasteiger partial charge in [0.05, 0.1) is 6.54 Å². The van der Waals surface area contributed by atoms with Gasteiger partial charge in [-0.3, -0.25) is 4.79 Å². The summed E-state index contributed by atoms with van der Waals surface area (Å²) < 4.78 is 0. The molecule has 1 amide bonds. The van der Waals surface area contributed by atoms with Crippen molar-refractivity contribution in [2.45, 2.75) is 13.8 Å². The van der Waals surface area contributed by atoms with Crippen LogP contribution in [0, 0.1) is 0 Å². The number of carboxylic acid groups (broad SMARTS) is 1. The smallest absolute Gasteiger partial charge is 0.352 e. The molecule has 0 aliphatic heterocycles. The van der Waals surface area contributed by atoms with Gasteiger partial charge in [-0.05, 0) is 19.4 Å². The molecule has 0 bridgehead atoms. The lowest BCUT2D eigenvalue weighted by atomic mass is 10.2. The predicted molar refractivity (Wildman–Crippen MR) is 43.2 cm³/mol. The molecular weight excluding hydrogens is 160 g/mol. The molecule has 5 nitrogen and oxygen atoms in total. The number of hydrogen-bond donors (Lipinski definition) is 3. The maximum Gasteiger partial charge on any atom is 0.352 e. The fraction of sp³-hybridized carbons (Fsp3) is 0.429. The van der Waals surface area contributed by atoms with Gasteiger partial charge in [0.1, 0.15) is 5.70 Å². The number of aliphatic carboxylic acids is 1. The molecule has 0 radical (unpaired) electrons. The number of carbonyl (C=O) groups is 2. The van der Waals surface area contributed by atoms with Crippen molar-refractivity contribution in [2.24, 2.45) is 5.73 Å². The van der Waals surface area contributed by atoms with Crippen molar-refractivity contribution in [2.75, 3.05) is 6.54 Å². The fourth-order valence-electron chi connectivity index (χ4n) is 0.583. The molecule has 0 unspecified atom stereocenters. The Balaban J connectivity index is 4.48. The first-order valence-corrected chi connectivity index (χ1v) is 3.39. The van der Waals surface area contributed by atoms with Crippen molar-refractivity contribution in [3.8, 4) is 0 Å². The molecule has 0 saturated heterocycles. The molecule has 4 N–H and O–H groups in total. The normalized spacial score (nSPS) is 8.92. The van der Waals surface area contributed by atoms with Gasteiger partial charge in [-0.15, -0.1) is 0 Å². The minimum Gasteiger partial charge on any atom is -0.477 e. The summed E-state index contributed by atoms with van der Waals surface area (Å²) in [6.45, 7) is 2.98. The van der Waals surface area contributed by atoms with E-state index in [2.05, 4.69) is 5.32 Å². The molecule has 68 valence electrons. The van der Waals surface area contributed by atoms with Crippen molar-refractivity contribution in [1.29, 1.82) is 0 Å². The van der Waals surface area contributed by atoms with Crippen LogP contribution in [-0.4, -0.2) is 23.5 Å². The first-order chi connectivity index (χ1) is 5.49. The molecular formula is C7H12N2O3. The van der Waals surface area contributed by atoms with Gasteiger partial charge >= 0.3 is 5.97 Å². The van der Waals surface area contributed by atoms with Gasteiger partial charge in [0.15, 0.2) is 0 Å². The summed E-state index contributed by atoms with van der Waals surface area (Å²) in [5, 5.41) is 10.8. The summed E-state index contributed by atoms with van der Waals surface area (Å²) in [5.41, 5.74) is 5.42. The summed E-state index contributed by atoms with van der Waals surface area (Å²) >= 11 is 0. The lowest BCUT2D eigenvalue weighted by Crippen LogP contribution is -2.33. The van der Waals surface area contributed by atoms with E-state index >= 15 is 0 Å². The number of allylic oxidation sites excluding steroid dienone is 1. The second-order valence-corrected chi connectivity index (χ2v) is 2.43. The minimum absolute atomic E-state index is 0.106. The predicted octanol–water partition coefficient (Wildman–Crippen LogP) is -0.560. The average Bonchev–Trinajstić information content (AvgIpc) is 1.98. The summed E-state index contributed by atoms with van der Waals surface area (Å²) in [6.07, 6.45) is 0. The summed E-state index contributed by atoms with van der Waals surface area (Å²) in [4.78, 5) is 21.2. The number of carbonyl (C=O) groups excluding carboxylic acids is 1. The lowest BCUT2D eigenvalue weighted by Gasteiger charge is -2.05. The number of nitrogens with two attached hydrogens (primary N) is 1. The van der Waals surface area contributed by atoms with Crippen molar-refractivity contribution in [1.82, 2.24) is 5.32 Å². The van der Waals surface area contributed by atoms with Crippen molar-refractivity contribution < 1.29 is 14.7 Å². The third kappa shape index (κ3) is 3.16. The number of hydrogen-bond acceptors (Lipinski definition) is 3. The molecule has 0 atom stereocenters. The standard InChI is InChI=1S/C7H12N2O3/c1-4(2)6(7(11)12)9-5(10)3-8/h3,8H2,1-2H3,(H,9,10)(H,11,12). The van der Waals surface area contributed by atoms with Gasteiger partial charge in [0.25, 0.3) is 0 Å². The van der Waals surface area contributed by atoms with E-state index in [1.165, 1.54) is 0 Å². The highest BCUT2D eigenvalue weighted by atomic mass is 16.4. The quantitative estimate of drug-likeness (QED) is 0.497. The molecule has 12 heavy (non-hydrogen) atoms. The Kier molecular flexibility index (Phi) is 3.99. The van der Waals surface area contributed by atoms with E-state index in [-0.39, 0.29) is 12.2 Å². The molecule has 0 fully saturated rings. The van der Waals surface area contributed by atoms with Gasteiger partial charge in [-0.25, -0.2) is 4.79 Å². The first-order valence-electron chi connectivity index (χ1n) is 3.39. The Labute approximate surface area is 70.2 Å². The minimum atomic E-state index is -1.16. The Hall–Kier alpha value is -1.36. The zero-order valence-electron chi connectivity index (χ0n) is 7.05. The van der Waals surface area contributed by atoms with E-state index in [1.807, 2.05) is 0 Å². The number of carboxylic acids is 1. The molecule has 0 aliphatic rings. The Morgan fingerprint density at radius 1 is 1.42 bits per heavy atom. The van der Waals surface area contributed by atoms with Gasteiger partial charge < -0.3 is 16.2 Å². The van der Waals surface area contributed by atoms with E-state index in [4.69, 9.17) is 10.8 Å². The Morgan fingerprint density at radius 3 is 2.17 bits per heavy atom. The van der Waals surface area contributed by atoms with E-state index in [9.17, 15) is 9.59 Å². The van der Waals surface area contributed by atoms with Gasteiger partial charge in [0.2, 0.25) is 5.91 Å². The molecule has 0 saturated carbocycles. The van der Waals surface area contributed by atoms with Crippen LogP contribution in [0.25, 0.3) is 0 Å². The monoisotopic (exact) mass is 172 g/mol. The highest BCUT2D eigenvalue weighted by molar-refractivity contribution is 5.93. The number of amides is 1. The number of nitrogens with one attached hydrogen (secondary N) is 1. The van der Waals surface area contributed by atoms with Crippen LogP contribution < -0.4 is 11.1 Å². The molecule has 0 spiro atoms. The third-order valence-corrected chi connectivity index (χ3v) is 1.16. The first kappa shape index (κ1) is 10.6. The maximum atomic E-state index is 10.7. The van der Waals surface area contributed by atoms with Crippen LogP contribution in [0.2, 0.25) is 0 Å². The Morgan fingerprint density at radius 2 is 1.92 bits per heavy atom. The lowest BCUT2D eigenvalue weighted by molar-refractivity contribution is -0.134. The van der Waals surface area contributed by atoms with Crippen LogP contribution in [0.4, 0.5) is 0 Å². The fourth-order valence-corrected chi connectivity index (χ4v) is 0.583. The van der Waals surface area contributed by atoms with Crippen LogP contribution in [0.5, 0.6) is 0 Å². The maximum absolute atomic E-state index is 10.7. The molecule has 0 aromatic heterocycles. The molecule has 0 aromatic rings. The van der Waals surface area contributed by atoms with Gasteiger partial charge in [-0.1, -0.05) is 0 Å². The molecule has 5 heteroatoms. The van der Waals surface area contributed by atoms with Crippen LogP contribution in [0.1, 0.15) is 13.8 Å². The zero-order chi connectivity index (χ0) is 9.72. The second-order valence-electron chi connectivity index (χ2n) is 2.43. The largest absolute Gasteiger partial charge is 0.477 e. The van der Waals surface area contributed by atoms with E-state index in [0.29, 0.717) is 5.57 Å². The Bertz CT molecular complexity index is 229. The van der Waals surface area contributed by atoms with Gasteiger partial charge in [-0.2, -0.15) is 0 Å². The summed E-state index contributed by atoms with van der Waals surface area (Å²) in [6, 6.07) is 0. The topological polar surface area (TPSA) is 92.4 Å². The summed E-state index contributed by atoms with van der Waals surface area (Å²) in [5.74, 6) is -1.66. The molecule has 0 rings (SSSR count). The van der Waals surface area contributed by atoms with Crippen LogP contribution >= 0.6 is 0 Å². The van der Waals surface area contributed by atoms with Gasteiger partial charge in [0, 0.05) is 0 Å². The highest BCUT2D eigenvalue weighted by Crippen LogP contribution is 1.98. The van der Waals surface area contributed by atoms with E-state index in [1.54, 1.807) is 13.8 Å². The van der Waals surface area contributed by atoms with E-state index < -0.39 is 11.9 Å². The van der Waals surface area contributed by atoms with Crippen molar-refractivity contribution in [3.05, 3.63) is 11.3 Å². The molecule has 0 heterocycles. The van der Waals surface area contributed by atoms with Crippen LogP contribution in [-0.2, 0) is 9.59 Å². The molecule has 0 aliphatic carbocycles. The molecule has 0 aromatic carbocycles. The second kappa shape index (κ2) is 4.50. The average molecular weight is 172 g/mol. The third-order valence-electron chi connectivity index (χ3n) is 1.16. The highest BCUT2D eigenvalue weighted by Gasteiger charge is 2.11. The van der Waals surface area contributed by atoms with Crippen molar-refractivity contribution in [3.63, 3.8) is 0 Å². The summed E-state index contributed by atoms with van der Waals surface area (Å²) in [7, 11) is 0. The van der Waals surface area contributed by atoms with Crippen molar-refractivity contribution >= 4 is 11.9 Å². The van der Waals surface area contributed by atoms with Crippen LogP contribution in [0.3, 0.4) is 0 Å². The van der Waals surface area contributed by atoms with Crippen LogP contribution in [0.15, 0.2) is 11.3 Å². The number of rotatable bonds is 3.